The van der Waals surface area contributed by atoms with Gasteiger partial charge in [0, 0.05) is 12.6 Å². The first-order valence-corrected chi connectivity index (χ1v) is 7.56. The monoisotopic (exact) mass is 283 g/mol. The van der Waals surface area contributed by atoms with Crippen LogP contribution in [0.1, 0.15) is 35.2 Å². The van der Waals surface area contributed by atoms with Crippen molar-refractivity contribution in [3.63, 3.8) is 0 Å². The van der Waals surface area contributed by atoms with Crippen molar-refractivity contribution < 1.29 is 4.74 Å². The van der Waals surface area contributed by atoms with Gasteiger partial charge >= 0.3 is 0 Å². The van der Waals surface area contributed by atoms with Crippen molar-refractivity contribution >= 4 is 0 Å². The fraction of sp³-hybridized carbons (Fsp3) is 0.368. The molecule has 0 bridgehead atoms. The van der Waals surface area contributed by atoms with Crippen LogP contribution in [0.4, 0.5) is 0 Å². The molecule has 2 aromatic rings. The summed E-state index contributed by atoms with van der Waals surface area (Å²) in [4.78, 5) is 0. The van der Waals surface area contributed by atoms with Crippen molar-refractivity contribution in [1.29, 1.82) is 0 Å². The topological polar surface area (TPSA) is 21.3 Å². The number of hydrogen-bond donors (Lipinski definition) is 1. The Bertz CT molecular complexity index is 592. The van der Waals surface area contributed by atoms with Crippen LogP contribution in [0.25, 0.3) is 0 Å². The lowest BCUT2D eigenvalue weighted by molar-refractivity contribution is 0.307. The van der Waals surface area contributed by atoms with Gasteiger partial charge in [-0.15, -0.1) is 0 Å². The van der Waals surface area contributed by atoms with Gasteiger partial charge in [0.1, 0.15) is 12.4 Å². The van der Waals surface area contributed by atoms with Crippen LogP contribution in [-0.2, 0) is 0 Å². The highest BCUT2D eigenvalue weighted by Crippen LogP contribution is 2.16. The molecule has 0 saturated heterocycles. The van der Waals surface area contributed by atoms with E-state index in [1.54, 1.807) is 0 Å². The molecule has 1 atom stereocenters. The van der Waals surface area contributed by atoms with Crippen molar-refractivity contribution in [2.75, 3.05) is 13.2 Å². The van der Waals surface area contributed by atoms with E-state index in [9.17, 15) is 0 Å². The summed E-state index contributed by atoms with van der Waals surface area (Å²) in [5.74, 6) is 0.940. The van der Waals surface area contributed by atoms with Gasteiger partial charge in [0.15, 0.2) is 0 Å². The Morgan fingerprint density at radius 1 is 1.00 bits per heavy atom. The van der Waals surface area contributed by atoms with Crippen LogP contribution in [0, 0.1) is 20.8 Å². The molecule has 1 N–H and O–H groups in total. The maximum atomic E-state index is 5.75. The fourth-order valence-corrected chi connectivity index (χ4v) is 2.30. The molecule has 0 aliphatic heterocycles. The van der Waals surface area contributed by atoms with E-state index in [1.807, 2.05) is 12.1 Å². The quantitative estimate of drug-likeness (QED) is 0.796. The number of ether oxygens (including phenoxy) is 1. The highest BCUT2D eigenvalue weighted by molar-refractivity contribution is 5.31. The van der Waals surface area contributed by atoms with Gasteiger partial charge in [-0.3, -0.25) is 0 Å². The molecule has 0 heterocycles. The molecule has 1 unspecified atom stereocenters. The summed E-state index contributed by atoms with van der Waals surface area (Å²) in [6.07, 6.45) is 0. The van der Waals surface area contributed by atoms with Crippen LogP contribution >= 0.6 is 0 Å². The molecule has 0 aliphatic rings. The van der Waals surface area contributed by atoms with E-state index in [4.69, 9.17) is 4.74 Å². The minimum Gasteiger partial charge on any atom is -0.492 e. The number of nitrogens with one attached hydrogen (secondary N) is 1. The number of aryl methyl sites for hydroxylation is 3. The van der Waals surface area contributed by atoms with Gasteiger partial charge in [-0.2, -0.15) is 0 Å². The third-order valence-corrected chi connectivity index (χ3v) is 3.84. The van der Waals surface area contributed by atoms with Gasteiger partial charge in [0.2, 0.25) is 0 Å². The predicted octanol–water partition coefficient (Wildman–Crippen LogP) is 4.34. The summed E-state index contributed by atoms with van der Waals surface area (Å²) < 4.78 is 5.75. The van der Waals surface area contributed by atoms with Gasteiger partial charge in [0.05, 0.1) is 0 Å². The van der Waals surface area contributed by atoms with E-state index in [-0.39, 0.29) is 0 Å². The maximum Gasteiger partial charge on any atom is 0.119 e. The second kappa shape index (κ2) is 7.28. The molecule has 2 heteroatoms. The van der Waals surface area contributed by atoms with Crippen molar-refractivity contribution in [1.82, 2.24) is 5.32 Å². The van der Waals surface area contributed by atoms with Gasteiger partial charge in [-0.1, -0.05) is 30.3 Å². The summed E-state index contributed by atoms with van der Waals surface area (Å²) >= 11 is 0. The second-order valence-corrected chi connectivity index (χ2v) is 5.68. The van der Waals surface area contributed by atoms with E-state index in [0.717, 1.165) is 12.3 Å². The lowest BCUT2D eigenvalue weighted by Crippen LogP contribution is -2.24. The largest absolute Gasteiger partial charge is 0.492 e. The Morgan fingerprint density at radius 2 is 1.81 bits per heavy atom. The van der Waals surface area contributed by atoms with Crippen molar-refractivity contribution in [3.8, 4) is 5.75 Å². The molecular formula is C19H25NO. The standard InChI is InChI=1S/C19H25NO/c1-14-6-5-7-19(12-14)21-11-10-20-17(4)18-9-8-15(2)16(3)13-18/h5-9,12-13,17,20H,10-11H2,1-4H3. The molecule has 0 radical (unpaired) electrons. The van der Waals surface area contributed by atoms with E-state index >= 15 is 0 Å². The second-order valence-electron chi connectivity index (χ2n) is 5.68. The molecule has 112 valence electrons. The highest BCUT2D eigenvalue weighted by atomic mass is 16.5. The van der Waals surface area contributed by atoms with Crippen LogP contribution in [0.5, 0.6) is 5.75 Å². The lowest BCUT2D eigenvalue weighted by Gasteiger charge is -2.16. The molecule has 0 aromatic heterocycles. The molecule has 2 aromatic carbocycles. The van der Waals surface area contributed by atoms with Crippen LogP contribution in [-0.4, -0.2) is 13.2 Å². The molecule has 2 nitrogen and oxygen atoms in total. The van der Waals surface area contributed by atoms with Crippen molar-refractivity contribution in [2.24, 2.45) is 0 Å². The Hall–Kier alpha value is -1.80. The summed E-state index contributed by atoms with van der Waals surface area (Å²) in [5.41, 5.74) is 5.24. The molecular weight excluding hydrogens is 258 g/mol. The van der Waals surface area contributed by atoms with Crippen LogP contribution < -0.4 is 10.1 Å². The Balaban J connectivity index is 1.79. The van der Waals surface area contributed by atoms with Gasteiger partial charge in [0.25, 0.3) is 0 Å². The minimum absolute atomic E-state index is 0.338. The van der Waals surface area contributed by atoms with Crippen molar-refractivity contribution in [2.45, 2.75) is 33.7 Å². The zero-order valence-electron chi connectivity index (χ0n) is 13.4. The molecule has 0 spiro atoms. The molecule has 2 rings (SSSR count). The van der Waals surface area contributed by atoms with Crippen molar-refractivity contribution in [3.05, 3.63) is 64.7 Å². The molecule has 0 aliphatic carbocycles. The first-order valence-electron chi connectivity index (χ1n) is 7.56. The predicted molar refractivity (Wildman–Crippen MR) is 89.0 cm³/mol. The molecule has 21 heavy (non-hydrogen) atoms. The highest BCUT2D eigenvalue weighted by Gasteiger charge is 2.05. The van der Waals surface area contributed by atoms with Crippen LogP contribution in [0.15, 0.2) is 42.5 Å². The van der Waals surface area contributed by atoms with Crippen LogP contribution in [0.2, 0.25) is 0 Å². The lowest BCUT2D eigenvalue weighted by atomic mass is 10.0. The fourth-order valence-electron chi connectivity index (χ4n) is 2.30. The zero-order chi connectivity index (χ0) is 15.2. The first kappa shape index (κ1) is 15.6. The molecule has 0 amide bonds. The van der Waals surface area contributed by atoms with Gasteiger partial charge < -0.3 is 10.1 Å². The van der Waals surface area contributed by atoms with Crippen LogP contribution in [0.3, 0.4) is 0 Å². The molecule has 0 fully saturated rings. The summed E-state index contributed by atoms with van der Waals surface area (Å²) in [5, 5.41) is 3.51. The number of benzene rings is 2. The average Bonchev–Trinajstić information content (AvgIpc) is 2.46. The van der Waals surface area contributed by atoms with Gasteiger partial charge in [-0.25, -0.2) is 0 Å². The summed E-state index contributed by atoms with van der Waals surface area (Å²) in [7, 11) is 0. The Kier molecular flexibility index (Phi) is 5.40. The third kappa shape index (κ3) is 4.61. The molecule has 0 saturated carbocycles. The third-order valence-electron chi connectivity index (χ3n) is 3.84. The number of rotatable bonds is 6. The first-order chi connectivity index (χ1) is 10.1. The zero-order valence-corrected chi connectivity index (χ0v) is 13.4. The normalized spacial score (nSPS) is 12.2. The SMILES string of the molecule is Cc1cccc(OCCNC(C)c2ccc(C)c(C)c2)c1. The average molecular weight is 283 g/mol. The van der Waals surface area contributed by atoms with E-state index in [0.29, 0.717) is 12.6 Å². The van der Waals surface area contributed by atoms with E-state index in [1.165, 1.54) is 22.3 Å². The van der Waals surface area contributed by atoms with E-state index < -0.39 is 0 Å². The van der Waals surface area contributed by atoms with E-state index in [2.05, 4.69) is 63.3 Å². The smallest absolute Gasteiger partial charge is 0.119 e. The summed E-state index contributed by atoms with van der Waals surface area (Å²) in [6.45, 7) is 10.1. The van der Waals surface area contributed by atoms with Gasteiger partial charge in [-0.05, 0) is 62.1 Å². The maximum absolute atomic E-state index is 5.75. The summed E-state index contributed by atoms with van der Waals surface area (Å²) in [6, 6.07) is 15.1. The number of hydrogen-bond acceptors (Lipinski definition) is 2. The Labute approximate surface area is 128 Å². The minimum atomic E-state index is 0.338. The Morgan fingerprint density at radius 3 is 2.52 bits per heavy atom.